The Hall–Kier alpha value is -1.84. The van der Waals surface area contributed by atoms with Crippen LogP contribution >= 0.6 is 0 Å². The first-order valence-corrected chi connectivity index (χ1v) is 6.49. The zero-order valence-corrected chi connectivity index (χ0v) is 12.1. The molecule has 0 saturated heterocycles. The van der Waals surface area contributed by atoms with E-state index in [1.807, 2.05) is 25.1 Å². The Morgan fingerprint density at radius 3 is 2.47 bits per heavy atom. The highest BCUT2D eigenvalue weighted by atomic mass is 16.2. The number of likely N-dealkylation sites (N-methyl/N-ethyl adjacent to an activating group) is 1. The summed E-state index contributed by atoms with van der Waals surface area (Å²) >= 11 is 0. The lowest BCUT2D eigenvalue weighted by Crippen LogP contribution is -2.39. The summed E-state index contributed by atoms with van der Waals surface area (Å²) in [6, 6.07) is 7.33. The van der Waals surface area contributed by atoms with E-state index in [-0.39, 0.29) is 18.4 Å². The topological polar surface area (TPSA) is 49.4 Å². The fraction of sp³-hybridized carbons (Fsp3) is 0.467. The molecule has 0 aromatic heterocycles. The van der Waals surface area contributed by atoms with E-state index in [1.54, 1.807) is 18.0 Å². The third kappa shape index (κ3) is 4.73. The van der Waals surface area contributed by atoms with Crippen LogP contribution in [0.5, 0.6) is 0 Å². The fourth-order valence-electron chi connectivity index (χ4n) is 1.86. The summed E-state index contributed by atoms with van der Waals surface area (Å²) in [7, 11) is 1.75. The van der Waals surface area contributed by atoms with Crippen molar-refractivity contribution in [3.05, 3.63) is 35.4 Å². The molecule has 0 saturated carbocycles. The van der Waals surface area contributed by atoms with Gasteiger partial charge in [-0.1, -0.05) is 32.0 Å². The molecular formula is C15H22N2O2. The van der Waals surface area contributed by atoms with E-state index in [4.69, 9.17) is 0 Å². The summed E-state index contributed by atoms with van der Waals surface area (Å²) in [6.07, 6.45) is 0. The largest absolute Gasteiger partial charge is 0.344 e. The molecular weight excluding hydrogens is 240 g/mol. The molecule has 4 nitrogen and oxygen atoms in total. The molecule has 0 aliphatic rings. The van der Waals surface area contributed by atoms with Gasteiger partial charge >= 0.3 is 0 Å². The Labute approximate surface area is 114 Å². The first-order chi connectivity index (χ1) is 8.91. The van der Waals surface area contributed by atoms with Gasteiger partial charge in [-0.25, -0.2) is 0 Å². The number of rotatable bonds is 5. The third-order valence-corrected chi connectivity index (χ3v) is 2.85. The van der Waals surface area contributed by atoms with Crippen molar-refractivity contribution < 1.29 is 9.59 Å². The Balaban J connectivity index is 2.51. The van der Waals surface area contributed by atoms with Crippen LogP contribution < -0.4 is 5.32 Å². The fourth-order valence-corrected chi connectivity index (χ4v) is 1.86. The van der Waals surface area contributed by atoms with E-state index < -0.39 is 0 Å². The maximum Gasteiger partial charge on any atom is 0.251 e. The van der Waals surface area contributed by atoms with Crippen molar-refractivity contribution in [2.75, 3.05) is 20.1 Å². The number of benzene rings is 1. The molecule has 0 unspecified atom stereocenters. The molecule has 1 rings (SSSR count). The third-order valence-electron chi connectivity index (χ3n) is 2.85. The first kappa shape index (κ1) is 15.2. The lowest BCUT2D eigenvalue weighted by molar-refractivity contribution is -0.129. The van der Waals surface area contributed by atoms with Gasteiger partial charge in [-0.2, -0.15) is 0 Å². The van der Waals surface area contributed by atoms with Gasteiger partial charge in [0.1, 0.15) is 0 Å². The number of nitrogens with one attached hydrogen (secondary N) is 1. The summed E-state index contributed by atoms with van der Waals surface area (Å²) < 4.78 is 0. The van der Waals surface area contributed by atoms with Gasteiger partial charge in [0.05, 0.1) is 6.54 Å². The predicted octanol–water partition coefficient (Wildman–Crippen LogP) is 1.84. The second-order valence-electron chi connectivity index (χ2n) is 5.17. The number of amides is 2. The van der Waals surface area contributed by atoms with Crippen LogP contribution in [0.1, 0.15) is 29.8 Å². The summed E-state index contributed by atoms with van der Waals surface area (Å²) in [5.74, 6) is 0.140. The Morgan fingerprint density at radius 2 is 1.89 bits per heavy atom. The van der Waals surface area contributed by atoms with Crippen molar-refractivity contribution >= 4 is 11.8 Å². The monoisotopic (exact) mass is 262 g/mol. The predicted molar refractivity (Wildman–Crippen MR) is 76.0 cm³/mol. The highest BCUT2D eigenvalue weighted by molar-refractivity contribution is 5.97. The molecule has 1 N–H and O–H groups in total. The van der Waals surface area contributed by atoms with Crippen molar-refractivity contribution in [3.8, 4) is 0 Å². The van der Waals surface area contributed by atoms with Gasteiger partial charge in [-0.15, -0.1) is 0 Å². The van der Waals surface area contributed by atoms with Crippen molar-refractivity contribution in [1.82, 2.24) is 10.2 Å². The molecule has 104 valence electrons. The SMILES string of the molecule is Cc1ccccc1C(=O)NCC(=O)N(C)CC(C)C. The molecule has 0 bridgehead atoms. The molecule has 0 aliphatic heterocycles. The van der Waals surface area contributed by atoms with Crippen LogP contribution in [-0.4, -0.2) is 36.9 Å². The average Bonchev–Trinajstić information content (AvgIpc) is 2.35. The highest BCUT2D eigenvalue weighted by Gasteiger charge is 2.13. The quantitative estimate of drug-likeness (QED) is 0.880. The molecule has 1 aromatic carbocycles. The van der Waals surface area contributed by atoms with Crippen molar-refractivity contribution in [2.45, 2.75) is 20.8 Å². The summed E-state index contributed by atoms with van der Waals surface area (Å²) in [5.41, 5.74) is 1.52. The highest BCUT2D eigenvalue weighted by Crippen LogP contribution is 2.06. The standard InChI is InChI=1S/C15H22N2O2/c1-11(2)10-17(4)14(18)9-16-15(19)13-8-6-5-7-12(13)3/h5-8,11H,9-10H2,1-4H3,(H,16,19). The maximum absolute atomic E-state index is 11.9. The Kier molecular flexibility index (Phi) is 5.55. The zero-order valence-electron chi connectivity index (χ0n) is 12.1. The van der Waals surface area contributed by atoms with Gasteiger partial charge in [-0.05, 0) is 24.5 Å². The van der Waals surface area contributed by atoms with Crippen molar-refractivity contribution in [3.63, 3.8) is 0 Å². The second-order valence-corrected chi connectivity index (χ2v) is 5.17. The molecule has 0 atom stereocenters. The first-order valence-electron chi connectivity index (χ1n) is 6.49. The average molecular weight is 262 g/mol. The number of carbonyl (C=O) groups excluding carboxylic acids is 2. The number of hydrogen-bond acceptors (Lipinski definition) is 2. The summed E-state index contributed by atoms with van der Waals surface area (Å²) in [5, 5.41) is 2.66. The van der Waals surface area contributed by atoms with Crippen LogP contribution in [0.4, 0.5) is 0 Å². The van der Waals surface area contributed by atoms with Crippen LogP contribution in [-0.2, 0) is 4.79 Å². The number of hydrogen-bond donors (Lipinski definition) is 1. The summed E-state index contributed by atoms with van der Waals surface area (Å²) in [6.45, 7) is 6.71. The van der Waals surface area contributed by atoms with Crippen LogP contribution in [0.25, 0.3) is 0 Å². The van der Waals surface area contributed by atoms with Gasteiger partial charge in [0.25, 0.3) is 5.91 Å². The number of nitrogens with zero attached hydrogens (tertiary/aromatic N) is 1. The summed E-state index contributed by atoms with van der Waals surface area (Å²) in [4.78, 5) is 25.4. The van der Waals surface area contributed by atoms with Gasteiger partial charge < -0.3 is 10.2 Å². The maximum atomic E-state index is 11.9. The minimum atomic E-state index is -0.204. The van der Waals surface area contributed by atoms with E-state index in [0.717, 1.165) is 5.56 Å². The van der Waals surface area contributed by atoms with Crippen LogP contribution in [0.3, 0.4) is 0 Å². The molecule has 0 radical (unpaired) electrons. The molecule has 0 aliphatic carbocycles. The van der Waals surface area contributed by atoms with E-state index >= 15 is 0 Å². The molecule has 0 fully saturated rings. The molecule has 1 aromatic rings. The number of carbonyl (C=O) groups is 2. The van der Waals surface area contributed by atoms with E-state index in [2.05, 4.69) is 19.2 Å². The lowest BCUT2D eigenvalue weighted by Gasteiger charge is -2.19. The van der Waals surface area contributed by atoms with E-state index in [1.165, 1.54) is 0 Å². The Morgan fingerprint density at radius 1 is 1.26 bits per heavy atom. The van der Waals surface area contributed by atoms with Gasteiger partial charge in [0.2, 0.25) is 5.91 Å². The molecule has 0 heterocycles. The van der Waals surface area contributed by atoms with Crippen molar-refractivity contribution in [1.29, 1.82) is 0 Å². The van der Waals surface area contributed by atoms with Crippen LogP contribution in [0.2, 0.25) is 0 Å². The molecule has 2 amide bonds. The van der Waals surface area contributed by atoms with Gasteiger partial charge in [0, 0.05) is 19.2 Å². The van der Waals surface area contributed by atoms with E-state index in [0.29, 0.717) is 18.0 Å². The Bertz CT molecular complexity index is 455. The second kappa shape index (κ2) is 6.92. The van der Waals surface area contributed by atoms with Gasteiger partial charge in [-0.3, -0.25) is 9.59 Å². The zero-order chi connectivity index (χ0) is 14.4. The molecule has 4 heteroatoms. The van der Waals surface area contributed by atoms with Crippen LogP contribution in [0.15, 0.2) is 24.3 Å². The van der Waals surface area contributed by atoms with Crippen molar-refractivity contribution in [2.24, 2.45) is 5.92 Å². The molecule has 0 spiro atoms. The lowest BCUT2D eigenvalue weighted by atomic mass is 10.1. The minimum Gasteiger partial charge on any atom is -0.344 e. The smallest absolute Gasteiger partial charge is 0.251 e. The minimum absolute atomic E-state index is 0.0381. The molecule has 19 heavy (non-hydrogen) atoms. The number of aryl methyl sites for hydroxylation is 1. The van der Waals surface area contributed by atoms with Gasteiger partial charge in [0.15, 0.2) is 0 Å². The van der Waals surface area contributed by atoms with Crippen LogP contribution in [0, 0.1) is 12.8 Å². The van der Waals surface area contributed by atoms with E-state index in [9.17, 15) is 9.59 Å². The normalized spacial score (nSPS) is 10.4.